The summed E-state index contributed by atoms with van der Waals surface area (Å²) in [5, 5.41) is 13.0. The lowest BCUT2D eigenvalue weighted by Gasteiger charge is -2.38. The van der Waals surface area contributed by atoms with E-state index < -0.39 is 0 Å². The van der Waals surface area contributed by atoms with E-state index in [1.807, 2.05) is 0 Å². The predicted octanol–water partition coefficient (Wildman–Crippen LogP) is 2.00. The standard InChI is InChI=1S/C14H30N2O/c1-4-13-9-7-6-8-10-16(13)11-14(3,12-17)15-5-2/h13,15,17H,4-12H2,1-3H3. The molecule has 1 aliphatic heterocycles. The van der Waals surface area contributed by atoms with Gasteiger partial charge in [-0.25, -0.2) is 0 Å². The molecular weight excluding hydrogens is 212 g/mol. The average molecular weight is 242 g/mol. The molecule has 2 atom stereocenters. The molecular formula is C14H30N2O. The summed E-state index contributed by atoms with van der Waals surface area (Å²) in [6.07, 6.45) is 6.60. The smallest absolute Gasteiger partial charge is 0.0623 e. The van der Waals surface area contributed by atoms with Crippen molar-refractivity contribution in [2.75, 3.05) is 26.2 Å². The first-order valence-electron chi connectivity index (χ1n) is 7.25. The lowest BCUT2D eigenvalue weighted by molar-refractivity contribution is 0.0950. The van der Waals surface area contributed by atoms with Gasteiger partial charge in [0.15, 0.2) is 0 Å². The molecule has 0 aromatic rings. The summed E-state index contributed by atoms with van der Waals surface area (Å²) < 4.78 is 0. The maximum Gasteiger partial charge on any atom is 0.0623 e. The molecule has 0 saturated carbocycles. The van der Waals surface area contributed by atoms with E-state index in [1.54, 1.807) is 0 Å². The maximum absolute atomic E-state index is 9.59. The number of aliphatic hydroxyl groups excluding tert-OH is 1. The van der Waals surface area contributed by atoms with Crippen LogP contribution in [0.3, 0.4) is 0 Å². The zero-order valence-electron chi connectivity index (χ0n) is 11.8. The molecule has 2 N–H and O–H groups in total. The molecule has 0 aromatic carbocycles. The number of nitrogens with zero attached hydrogens (tertiary/aromatic N) is 1. The quantitative estimate of drug-likeness (QED) is 0.748. The molecule has 17 heavy (non-hydrogen) atoms. The largest absolute Gasteiger partial charge is 0.394 e. The second kappa shape index (κ2) is 7.34. The molecule has 0 spiro atoms. The van der Waals surface area contributed by atoms with Crippen LogP contribution in [-0.4, -0.2) is 47.8 Å². The number of hydrogen-bond donors (Lipinski definition) is 2. The summed E-state index contributed by atoms with van der Waals surface area (Å²) in [6.45, 7) is 9.82. The molecule has 0 aromatic heterocycles. The Labute approximate surface area is 107 Å². The van der Waals surface area contributed by atoms with Gasteiger partial charge in [0, 0.05) is 12.6 Å². The lowest BCUT2D eigenvalue weighted by atomic mass is 10.00. The van der Waals surface area contributed by atoms with Crippen LogP contribution in [0.1, 0.15) is 52.9 Å². The molecule has 1 rings (SSSR count). The molecule has 1 saturated heterocycles. The van der Waals surface area contributed by atoms with E-state index in [9.17, 15) is 5.11 Å². The van der Waals surface area contributed by atoms with Gasteiger partial charge in [0.25, 0.3) is 0 Å². The lowest BCUT2D eigenvalue weighted by Crippen LogP contribution is -2.55. The van der Waals surface area contributed by atoms with Gasteiger partial charge in [-0.3, -0.25) is 4.90 Å². The first-order chi connectivity index (χ1) is 8.15. The van der Waals surface area contributed by atoms with Crippen molar-refractivity contribution in [1.82, 2.24) is 10.2 Å². The third-order valence-corrected chi connectivity index (χ3v) is 3.97. The number of likely N-dealkylation sites (N-methyl/N-ethyl adjacent to an activating group) is 1. The van der Waals surface area contributed by atoms with Crippen molar-refractivity contribution in [3.63, 3.8) is 0 Å². The van der Waals surface area contributed by atoms with Gasteiger partial charge in [-0.05, 0) is 39.3 Å². The zero-order valence-corrected chi connectivity index (χ0v) is 11.8. The first-order valence-corrected chi connectivity index (χ1v) is 7.25. The fourth-order valence-electron chi connectivity index (χ4n) is 2.94. The maximum atomic E-state index is 9.59. The van der Waals surface area contributed by atoms with Gasteiger partial charge in [-0.1, -0.05) is 26.7 Å². The minimum absolute atomic E-state index is 0.146. The van der Waals surface area contributed by atoms with Crippen molar-refractivity contribution >= 4 is 0 Å². The van der Waals surface area contributed by atoms with Crippen LogP contribution in [0.2, 0.25) is 0 Å². The summed E-state index contributed by atoms with van der Waals surface area (Å²) in [6, 6.07) is 0.710. The number of hydrogen-bond acceptors (Lipinski definition) is 3. The molecule has 0 amide bonds. The van der Waals surface area contributed by atoms with E-state index >= 15 is 0 Å². The van der Waals surface area contributed by atoms with Gasteiger partial charge in [-0.2, -0.15) is 0 Å². The highest BCUT2D eigenvalue weighted by atomic mass is 16.3. The van der Waals surface area contributed by atoms with Crippen LogP contribution >= 0.6 is 0 Å². The Balaban J connectivity index is 2.61. The van der Waals surface area contributed by atoms with Crippen LogP contribution in [0, 0.1) is 0 Å². The molecule has 1 heterocycles. The van der Waals surface area contributed by atoms with Crippen molar-refractivity contribution in [1.29, 1.82) is 0 Å². The van der Waals surface area contributed by atoms with Crippen molar-refractivity contribution in [3.05, 3.63) is 0 Å². The third-order valence-electron chi connectivity index (χ3n) is 3.97. The topological polar surface area (TPSA) is 35.5 Å². The van der Waals surface area contributed by atoms with Gasteiger partial charge in [-0.15, -0.1) is 0 Å². The van der Waals surface area contributed by atoms with Gasteiger partial charge < -0.3 is 10.4 Å². The Kier molecular flexibility index (Phi) is 6.45. The first kappa shape index (κ1) is 14.9. The van der Waals surface area contributed by atoms with Crippen LogP contribution in [0.5, 0.6) is 0 Å². The van der Waals surface area contributed by atoms with Crippen LogP contribution in [0.4, 0.5) is 0 Å². The Morgan fingerprint density at radius 3 is 2.65 bits per heavy atom. The molecule has 1 fully saturated rings. The van der Waals surface area contributed by atoms with Crippen molar-refractivity contribution in [2.45, 2.75) is 64.5 Å². The molecule has 3 nitrogen and oxygen atoms in total. The monoisotopic (exact) mass is 242 g/mol. The van der Waals surface area contributed by atoms with Gasteiger partial charge in [0.1, 0.15) is 0 Å². The predicted molar refractivity (Wildman–Crippen MR) is 73.3 cm³/mol. The van der Waals surface area contributed by atoms with Crippen molar-refractivity contribution < 1.29 is 5.11 Å². The average Bonchev–Trinajstić information content (AvgIpc) is 2.54. The van der Waals surface area contributed by atoms with E-state index in [-0.39, 0.29) is 12.1 Å². The van der Waals surface area contributed by atoms with Gasteiger partial charge in [0.05, 0.1) is 12.1 Å². The molecule has 2 unspecified atom stereocenters. The summed E-state index contributed by atoms with van der Waals surface area (Å²) in [7, 11) is 0. The highest BCUT2D eigenvalue weighted by Gasteiger charge is 2.29. The highest BCUT2D eigenvalue weighted by molar-refractivity contribution is 4.88. The summed E-state index contributed by atoms with van der Waals surface area (Å²) in [5.41, 5.74) is -0.146. The van der Waals surface area contributed by atoms with Crippen LogP contribution in [0.15, 0.2) is 0 Å². The van der Waals surface area contributed by atoms with Gasteiger partial charge >= 0.3 is 0 Å². The summed E-state index contributed by atoms with van der Waals surface area (Å²) >= 11 is 0. The molecule has 0 aliphatic carbocycles. The second-order valence-corrected chi connectivity index (χ2v) is 5.63. The van der Waals surface area contributed by atoms with E-state index in [0.29, 0.717) is 6.04 Å². The number of aliphatic hydroxyl groups is 1. The van der Waals surface area contributed by atoms with Gasteiger partial charge in [0.2, 0.25) is 0 Å². The van der Waals surface area contributed by atoms with E-state index in [2.05, 4.69) is 31.0 Å². The Hall–Kier alpha value is -0.120. The van der Waals surface area contributed by atoms with E-state index in [1.165, 1.54) is 38.6 Å². The fourth-order valence-corrected chi connectivity index (χ4v) is 2.94. The minimum atomic E-state index is -0.146. The molecule has 1 aliphatic rings. The van der Waals surface area contributed by atoms with Crippen LogP contribution in [-0.2, 0) is 0 Å². The molecule has 0 radical (unpaired) electrons. The van der Waals surface area contributed by atoms with Crippen molar-refractivity contribution in [3.8, 4) is 0 Å². The van der Waals surface area contributed by atoms with E-state index in [0.717, 1.165) is 13.1 Å². The Bertz CT molecular complexity index is 210. The highest BCUT2D eigenvalue weighted by Crippen LogP contribution is 2.21. The Morgan fingerprint density at radius 2 is 2.06 bits per heavy atom. The van der Waals surface area contributed by atoms with Crippen LogP contribution in [0.25, 0.3) is 0 Å². The number of rotatable bonds is 6. The Morgan fingerprint density at radius 1 is 1.29 bits per heavy atom. The molecule has 0 bridgehead atoms. The minimum Gasteiger partial charge on any atom is -0.394 e. The zero-order chi connectivity index (χ0) is 12.7. The summed E-state index contributed by atoms with van der Waals surface area (Å²) in [5.74, 6) is 0. The number of nitrogens with one attached hydrogen (secondary N) is 1. The summed E-state index contributed by atoms with van der Waals surface area (Å²) in [4.78, 5) is 2.59. The second-order valence-electron chi connectivity index (χ2n) is 5.63. The van der Waals surface area contributed by atoms with Crippen molar-refractivity contribution in [2.24, 2.45) is 0 Å². The fraction of sp³-hybridized carbons (Fsp3) is 1.00. The van der Waals surface area contributed by atoms with Crippen LogP contribution < -0.4 is 5.32 Å². The SMILES string of the molecule is CCNC(C)(CO)CN1CCCCCC1CC. The molecule has 102 valence electrons. The third kappa shape index (κ3) is 4.57. The number of likely N-dealkylation sites (tertiary alicyclic amines) is 1. The normalized spacial score (nSPS) is 26.5. The van der Waals surface area contributed by atoms with E-state index in [4.69, 9.17) is 0 Å². The molecule has 3 heteroatoms.